The highest BCUT2D eigenvalue weighted by atomic mass is 16.1. The summed E-state index contributed by atoms with van der Waals surface area (Å²) in [7, 11) is 0. The van der Waals surface area contributed by atoms with E-state index in [4.69, 9.17) is 0 Å². The summed E-state index contributed by atoms with van der Waals surface area (Å²) in [5, 5.41) is 0. The number of hydrogen-bond donors (Lipinski definition) is 0. The number of aryl methyl sites for hydroxylation is 2. The van der Waals surface area contributed by atoms with E-state index in [1.54, 1.807) is 0 Å². The molecule has 110 valence electrons. The molecule has 0 saturated carbocycles. The predicted octanol–water partition coefficient (Wildman–Crippen LogP) is 5.11. The number of rotatable bonds is 4. The van der Waals surface area contributed by atoms with Gasteiger partial charge in [0.1, 0.15) is 0 Å². The summed E-state index contributed by atoms with van der Waals surface area (Å²) in [6.07, 6.45) is 1.37. The van der Waals surface area contributed by atoms with Crippen molar-refractivity contribution in [2.45, 2.75) is 46.0 Å². The average molecular weight is 280 g/mol. The van der Waals surface area contributed by atoms with Crippen LogP contribution in [0.4, 0.5) is 0 Å². The van der Waals surface area contributed by atoms with Crippen molar-refractivity contribution in [1.82, 2.24) is 0 Å². The first-order valence-electron chi connectivity index (χ1n) is 7.55. The van der Waals surface area contributed by atoms with Crippen LogP contribution in [-0.2, 0) is 11.8 Å². The van der Waals surface area contributed by atoms with Crippen LogP contribution in [0.15, 0.2) is 48.5 Å². The molecule has 0 atom stereocenters. The lowest BCUT2D eigenvalue weighted by Gasteiger charge is -2.19. The molecule has 0 bridgehead atoms. The fraction of sp³-hybridized carbons (Fsp3) is 0.350. The molecule has 1 heteroatoms. The molecule has 0 heterocycles. The molecule has 0 amide bonds. The minimum atomic E-state index is 0.128. The van der Waals surface area contributed by atoms with Gasteiger partial charge in [-0.2, -0.15) is 0 Å². The van der Waals surface area contributed by atoms with Gasteiger partial charge in [0, 0.05) is 12.0 Å². The van der Waals surface area contributed by atoms with Crippen molar-refractivity contribution in [2.75, 3.05) is 0 Å². The minimum Gasteiger partial charge on any atom is -0.294 e. The third kappa shape index (κ3) is 4.29. The zero-order chi connectivity index (χ0) is 15.5. The Morgan fingerprint density at radius 3 is 2.24 bits per heavy atom. The lowest BCUT2D eigenvalue weighted by Crippen LogP contribution is -2.11. The number of carbonyl (C=O) groups is 1. The summed E-state index contributed by atoms with van der Waals surface area (Å²) >= 11 is 0. The fourth-order valence-electron chi connectivity index (χ4n) is 2.43. The second kappa shape index (κ2) is 6.26. The number of Topliss-reactive ketones (excluding diaryl/α,β-unsaturated/α-hetero) is 1. The molecule has 0 aromatic heterocycles. The van der Waals surface area contributed by atoms with Crippen molar-refractivity contribution in [3.8, 4) is 0 Å². The molecule has 0 aliphatic heterocycles. The van der Waals surface area contributed by atoms with Crippen molar-refractivity contribution < 1.29 is 4.79 Å². The van der Waals surface area contributed by atoms with Gasteiger partial charge >= 0.3 is 0 Å². The summed E-state index contributed by atoms with van der Waals surface area (Å²) in [4.78, 5) is 12.3. The Kier molecular flexibility index (Phi) is 4.62. The summed E-state index contributed by atoms with van der Waals surface area (Å²) in [6, 6.07) is 16.4. The van der Waals surface area contributed by atoms with Gasteiger partial charge in [-0.1, -0.05) is 74.9 Å². The Balaban J connectivity index is 2.00. The molecular weight excluding hydrogens is 256 g/mol. The second-order valence-corrected chi connectivity index (χ2v) is 6.74. The lowest BCUT2D eigenvalue weighted by molar-refractivity contribution is 0.0983. The van der Waals surface area contributed by atoms with Crippen molar-refractivity contribution in [3.05, 3.63) is 70.8 Å². The van der Waals surface area contributed by atoms with E-state index in [0.717, 1.165) is 12.0 Å². The molecule has 0 aliphatic carbocycles. The van der Waals surface area contributed by atoms with Crippen molar-refractivity contribution in [1.29, 1.82) is 0 Å². The molecule has 0 radical (unpaired) electrons. The smallest absolute Gasteiger partial charge is 0.163 e. The molecule has 2 rings (SSSR count). The summed E-state index contributed by atoms with van der Waals surface area (Å²) < 4.78 is 0. The molecule has 1 nitrogen and oxygen atoms in total. The Bertz CT molecular complexity index is 615. The van der Waals surface area contributed by atoms with Crippen LogP contribution in [0.2, 0.25) is 0 Å². The Labute approximate surface area is 128 Å². The highest BCUT2D eigenvalue weighted by molar-refractivity contribution is 5.96. The zero-order valence-electron chi connectivity index (χ0n) is 13.4. The lowest BCUT2D eigenvalue weighted by atomic mass is 9.86. The van der Waals surface area contributed by atoms with Gasteiger partial charge in [-0.05, 0) is 29.9 Å². The van der Waals surface area contributed by atoms with Crippen LogP contribution in [0.25, 0.3) is 0 Å². The van der Waals surface area contributed by atoms with Gasteiger partial charge in [-0.25, -0.2) is 0 Å². The number of hydrogen-bond acceptors (Lipinski definition) is 1. The van der Waals surface area contributed by atoms with E-state index >= 15 is 0 Å². The number of carbonyl (C=O) groups excluding carboxylic acids is 1. The van der Waals surface area contributed by atoms with Gasteiger partial charge < -0.3 is 0 Å². The van der Waals surface area contributed by atoms with Crippen molar-refractivity contribution in [2.24, 2.45) is 0 Å². The van der Waals surface area contributed by atoms with Gasteiger partial charge in [-0.15, -0.1) is 0 Å². The van der Waals surface area contributed by atoms with E-state index in [1.807, 2.05) is 18.2 Å². The van der Waals surface area contributed by atoms with Gasteiger partial charge in [0.25, 0.3) is 0 Å². The van der Waals surface area contributed by atoms with Gasteiger partial charge in [-0.3, -0.25) is 4.79 Å². The van der Waals surface area contributed by atoms with Crippen LogP contribution in [-0.4, -0.2) is 5.78 Å². The third-order valence-corrected chi connectivity index (χ3v) is 3.80. The van der Waals surface area contributed by atoms with E-state index in [0.29, 0.717) is 6.42 Å². The van der Waals surface area contributed by atoms with E-state index < -0.39 is 0 Å². The van der Waals surface area contributed by atoms with Crippen LogP contribution < -0.4 is 0 Å². The fourth-order valence-corrected chi connectivity index (χ4v) is 2.43. The first-order valence-corrected chi connectivity index (χ1v) is 7.55. The SMILES string of the molecule is Cc1cccc(CCC(=O)c2ccc(C(C)(C)C)cc2)c1. The summed E-state index contributed by atoms with van der Waals surface area (Å²) in [6.45, 7) is 8.63. The molecule has 0 N–H and O–H groups in total. The second-order valence-electron chi connectivity index (χ2n) is 6.74. The van der Waals surface area contributed by atoms with E-state index in [1.165, 1.54) is 16.7 Å². The maximum Gasteiger partial charge on any atom is 0.163 e. The van der Waals surface area contributed by atoms with E-state index in [2.05, 4.69) is 58.0 Å². The maximum absolute atomic E-state index is 12.3. The van der Waals surface area contributed by atoms with E-state index in [-0.39, 0.29) is 11.2 Å². The molecule has 2 aromatic carbocycles. The highest BCUT2D eigenvalue weighted by Gasteiger charge is 2.14. The van der Waals surface area contributed by atoms with Crippen molar-refractivity contribution >= 4 is 5.78 Å². The number of benzene rings is 2. The molecule has 0 spiro atoms. The van der Waals surface area contributed by atoms with Gasteiger partial charge in [0.15, 0.2) is 5.78 Å². The van der Waals surface area contributed by atoms with Crippen LogP contribution in [0, 0.1) is 6.92 Å². The third-order valence-electron chi connectivity index (χ3n) is 3.80. The largest absolute Gasteiger partial charge is 0.294 e. The summed E-state index contributed by atoms with van der Waals surface area (Å²) in [5.74, 6) is 0.219. The molecule has 0 fully saturated rings. The van der Waals surface area contributed by atoms with E-state index in [9.17, 15) is 4.79 Å². The quantitative estimate of drug-likeness (QED) is 0.711. The molecule has 2 aromatic rings. The zero-order valence-corrected chi connectivity index (χ0v) is 13.4. The van der Waals surface area contributed by atoms with Crippen molar-refractivity contribution in [3.63, 3.8) is 0 Å². The summed E-state index contributed by atoms with van der Waals surface area (Å²) in [5.41, 5.74) is 4.68. The van der Waals surface area contributed by atoms with Crippen LogP contribution in [0.3, 0.4) is 0 Å². The van der Waals surface area contributed by atoms with Gasteiger partial charge in [0.2, 0.25) is 0 Å². The predicted molar refractivity (Wildman–Crippen MR) is 89.0 cm³/mol. The average Bonchev–Trinajstić information content (AvgIpc) is 2.44. The Morgan fingerprint density at radius 1 is 1.00 bits per heavy atom. The topological polar surface area (TPSA) is 17.1 Å². The Hall–Kier alpha value is -1.89. The molecule has 0 aliphatic rings. The standard InChI is InChI=1S/C20H24O/c1-15-6-5-7-16(14-15)8-13-19(21)17-9-11-18(12-10-17)20(2,3)4/h5-7,9-12,14H,8,13H2,1-4H3. The Morgan fingerprint density at radius 2 is 1.67 bits per heavy atom. The van der Waals surface area contributed by atoms with Crippen LogP contribution in [0.5, 0.6) is 0 Å². The molecule has 0 saturated heterocycles. The molecule has 0 unspecified atom stereocenters. The number of ketones is 1. The highest BCUT2D eigenvalue weighted by Crippen LogP contribution is 2.22. The molecular formula is C20H24O. The first kappa shape index (κ1) is 15.5. The minimum absolute atomic E-state index is 0.128. The normalized spacial score (nSPS) is 11.4. The maximum atomic E-state index is 12.3. The van der Waals surface area contributed by atoms with Crippen LogP contribution in [0.1, 0.15) is 54.2 Å². The van der Waals surface area contributed by atoms with Gasteiger partial charge in [0.05, 0.1) is 0 Å². The van der Waals surface area contributed by atoms with Crippen LogP contribution >= 0.6 is 0 Å². The first-order chi connectivity index (χ1) is 9.86. The monoisotopic (exact) mass is 280 g/mol. The molecule has 21 heavy (non-hydrogen) atoms.